The molecule has 0 aromatic carbocycles. The van der Waals surface area contributed by atoms with Crippen molar-refractivity contribution in [3.63, 3.8) is 0 Å². The van der Waals surface area contributed by atoms with E-state index in [0.29, 0.717) is 0 Å². The average Bonchev–Trinajstić information content (AvgIpc) is 2.80. The zero-order chi connectivity index (χ0) is 10.5. The van der Waals surface area contributed by atoms with Crippen LogP contribution in [0.2, 0.25) is 0 Å². The lowest BCUT2D eigenvalue weighted by Gasteiger charge is -2.28. The number of hydrogen-bond donors (Lipinski definition) is 1. The molecule has 2 heteroatoms. The maximum Gasteiger partial charge on any atom is 0.0175 e. The van der Waals surface area contributed by atoms with Crippen LogP contribution < -0.4 is 5.32 Å². The van der Waals surface area contributed by atoms with Crippen LogP contribution in [0, 0.1) is 0 Å². The molecule has 0 saturated carbocycles. The summed E-state index contributed by atoms with van der Waals surface area (Å²) >= 11 is 0. The fourth-order valence-electron chi connectivity index (χ4n) is 2.65. The van der Waals surface area contributed by atoms with Gasteiger partial charge in [0.1, 0.15) is 0 Å². The Bertz CT molecular complexity index is 217. The van der Waals surface area contributed by atoms with Gasteiger partial charge in [0.05, 0.1) is 0 Å². The second-order valence-corrected chi connectivity index (χ2v) is 4.82. The van der Waals surface area contributed by atoms with Crippen molar-refractivity contribution < 1.29 is 0 Å². The number of nitrogens with zero attached hydrogens (tertiary/aromatic N) is 1. The highest BCUT2D eigenvalue weighted by atomic mass is 15.1. The van der Waals surface area contributed by atoms with E-state index < -0.39 is 0 Å². The average molecular weight is 208 g/mol. The second-order valence-electron chi connectivity index (χ2n) is 4.82. The molecule has 0 aromatic heterocycles. The minimum Gasteiger partial charge on any atom is -0.375 e. The Balaban J connectivity index is 1.77. The fourth-order valence-corrected chi connectivity index (χ4v) is 2.65. The molecule has 1 N–H and O–H groups in total. The molecule has 2 rings (SSSR count). The van der Waals surface area contributed by atoms with Gasteiger partial charge < -0.3 is 10.2 Å². The normalized spacial score (nSPS) is 26.9. The molecule has 1 aliphatic carbocycles. The summed E-state index contributed by atoms with van der Waals surface area (Å²) in [5.74, 6) is 0. The van der Waals surface area contributed by atoms with Crippen LogP contribution in [0.15, 0.2) is 11.8 Å². The van der Waals surface area contributed by atoms with Crippen LogP contribution in [0.25, 0.3) is 0 Å². The van der Waals surface area contributed by atoms with Crippen molar-refractivity contribution in [2.45, 2.75) is 51.5 Å². The van der Waals surface area contributed by atoms with Crippen molar-refractivity contribution >= 4 is 0 Å². The lowest BCUT2D eigenvalue weighted by molar-refractivity contribution is 0.366. The molecule has 1 unspecified atom stereocenters. The lowest BCUT2D eigenvalue weighted by Crippen LogP contribution is -2.33. The maximum atomic E-state index is 3.62. The molecule has 86 valence electrons. The SMILES string of the molecule is CCCNC1CC=C(N2CCCC2)CC1. The van der Waals surface area contributed by atoms with Crippen LogP contribution in [-0.2, 0) is 0 Å². The lowest BCUT2D eigenvalue weighted by atomic mass is 9.98. The number of allylic oxidation sites excluding steroid dienone is 1. The Morgan fingerprint density at radius 2 is 2.20 bits per heavy atom. The third kappa shape index (κ3) is 2.97. The van der Waals surface area contributed by atoms with Gasteiger partial charge in [0.25, 0.3) is 0 Å². The maximum absolute atomic E-state index is 3.62. The van der Waals surface area contributed by atoms with E-state index in [9.17, 15) is 0 Å². The van der Waals surface area contributed by atoms with Crippen molar-refractivity contribution in [3.05, 3.63) is 11.8 Å². The fraction of sp³-hybridized carbons (Fsp3) is 0.846. The molecule has 0 radical (unpaired) electrons. The second kappa shape index (κ2) is 5.55. The van der Waals surface area contributed by atoms with Crippen LogP contribution in [-0.4, -0.2) is 30.6 Å². The van der Waals surface area contributed by atoms with Crippen molar-refractivity contribution in [2.24, 2.45) is 0 Å². The zero-order valence-electron chi connectivity index (χ0n) is 9.97. The van der Waals surface area contributed by atoms with Crippen LogP contribution in [0.1, 0.15) is 45.4 Å². The number of likely N-dealkylation sites (tertiary alicyclic amines) is 1. The van der Waals surface area contributed by atoms with Gasteiger partial charge in [-0.3, -0.25) is 0 Å². The van der Waals surface area contributed by atoms with E-state index in [0.717, 1.165) is 6.04 Å². The van der Waals surface area contributed by atoms with E-state index in [-0.39, 0.29) is 0 Å². The highest BCUT2D eigenvalue weighted by molar-refractivity contribution is 5.08. The van der Waals surface area contributed by atoms with E-state index >= 15 is 0 Å². The summed E-state index contributed by atoms with van der Waals surface area (Å²) in [6.07, 6.45) is 10.4. The highest BCUT2D eigenvalue weighted by Gasteiger charge is 2.19. The van der Waals surface area contributed by atoms with Gasteiger partial charge in [-0.05, 0) is 45.1 Å². The molecule has 1 saturated heterocycles. The molecular formula is C13H24N2. The molecule has 1 aliphatic heterocycles. The Kier molecular flexibility index (Phi) is 4.07. The molecule has 1 fully saturated rings. The third-order valence-corrected chi connectivity index (χ3v) is 3.58. The van der Waals surface area contributed by atoms with Gasteiger partial charge in [-0.1, -0.05) is 13.0 Å². The Morgan fingerprint density at radius 1 is 1.40 bits per heavy atom. The van der Waals surface area contributed by atoms with Gasteiger partial charge in [-0.15, -0.1) is 0 Å². The van der Waals surface area contributed by atoms with Gasteiger partial charge >= 0.3 is 0 Å². The minimum absolute atomic E-state index is 0.747. The molecule has 0 bridgehead atoms. The number of nitrogens with one attached hydrogen (secondary N) is 1. The first kappa shape index (κ1) is 11.0. The van der Waals surface area contributed by atoms with Gasteiger partial charge in [-0.2, -0.15) is 0 Å². The van der Waals surface area contributed by atoms with Gasteiger partial charge in [0.2, 0.25) is 0 Å². The molecule has 0 amide bonds. The molecule has 1 atom stereocenters. The largest absolute Gasteiger partial charge is 0.375 e. The number of hydrogen-bond acceptors (Lipinski definition) is 2. The summed E-state index contributed by atoms with van der Waals surface area (Å²) in [5.41, 5.74) is 1.63. The van der Waals surface area contributed by atoms with E-state index in [2.05, 4.69) is 23.2 Å². The first-order chi connectivity index (χ1) is 7.40. The first-order valence-electron chi connectivity index (χ1n) is 6.57. The number of rotatable bonds is 4. The minimum atomic E-state index is 0.747. The summed E-state index contributed by atoms with van der Waals surface area (Å²) < 4.78 is 0. The summed E-state index contributed by atoms with van der Waals surface area (Å²) in [6.45, 7) is 6.02. The summed E-state index contributed by atoms with van der Waals surface area (Å²) in [5, 5.41) is 3.62. The summed E-state index contributed by atoms with van der Waals surface area (Å²) in [6, 6.07) is 0.747. The molecule has 2 aliphatic rings. The molecule has 0 aromatic rings. The van der Waals surface area contributed by atoms with Gasteiger partial charge in [0, 0.05) is 24.8 Å². The van der Waals surface area contributed by atoms with Crippen molar-refractivity contribution in [1.82, 2.24) is 10.2 Å². The highest BCUT2D eigenvalue weighted by Crippen LogP contribution is 2.24. The van der Waals surface area contributed by atoms with E-state index in [4.69, 9.17) is 0 Å². The molecule has 15 heavy (non-hydrogen) atoms. The zero-order valence-corrected chi connectivity index (χ0v) is 9.97. The van der Waals surface area contributed by atoms with E-state index in [1.165, 1.54) is 58.2 Å². The topological polar surface area (TPSA) is 15.3 Å². The molecule has 0 spiro atoms. The van der Waals surface area contributed by atoms with Crippen LogP contribution in [0.3, 0.4) is 0 Å². The Morgan fingerprint density at radius 3 is 2.80 bits per heavy atom. The summed E-state index contributed by atoms with van der Waals surface area (Å²) in [4.78, 5) is 2.59. The van der Waals surface area contributed by atoms with Crippen LogP contribution in [0.5, 0.6) is 0 Å². The third-order valence-electron chi connectivity index (χ3n) is 3.58. The predicted molar refractivity (Wildman–Crippen MR) is 64.8 cm³/mol. The van der Waals surface area contributed by atoms with Crippen molar-refractivity contribution in [2.75, 3.05) is 19.6 Å². The standard InChI is InChI=1S/C13H24N2/c1-2-9-14-12-5-7-13(8-6-12)15-10-3-4-11-15/h7,12,14H,2-6,8-11H2,1H3. The van der Waals surface area contributed by atoms with Crippen molar-refractivity contribution in [1.29, 1.82) is 0 Å². The Hall–Kier alpha value is -0.500. The van der Waals surface area contributed by atoms with Crippen molar-refractivity contribution in [3.8, 4) is 0 Å². The van der Waals surface area contributed by atoms with Crippen LogP contribution >= 0.6 is 0 Å². The van der Waals surface area contributed by atoms with E-state index in [1.807, 2.05) is 0 Å². The quantitative estimate of drug-likeness (QED) is 0.763. The van der Waals surface area contributed by atoms with E-state index in [1.54, 1.807) is 5.70 Å². The first-order valence-corrected chi connectivity index (χ1v) is 6.57. The van der Waals surface area contributed by atoms with Gasteiger partial charge in [-0.25, -0.2) is 0 Å². The monoisotopic (exact) mass is 208 g/mol. The molecular weight excluding hydrogens is 184 g/mol. The van der Waals surface area contributed by atoms with Gasteiger partial charge in [0.15, 0.2) is 0 Å². The smallest absolute Gasteiger partial charge is 0.0175 e. The summed E-state index contributed by atoms with van der Waals surface area (Å²) in [7, 11) is 0. The predicted octanol–water partition coefficient (Wildman–Crippen LogP) is 2.52. The molecule has 2 nitrogen and oxygen atoms in total. The Labute approximate surface area is 93.7 Å². The van der Waals surface area contributed by atoms with Crippen LogP contribution in [0.4, 0.5) is 0 Å². The molecule has 1 heterocycles.